The van der Waals surface area contributed by atoms with Crippen LogP contribution in [0.3, 0.4) is 0 Å². The standard InChI is InChI=1S/C14H23NO3/c1-10(6-5-9-15)11-7-8-12(16-2)14(18-4)13(11)17-3/h7-8,10H,5-6,9,15H2,1-4H3. The van der Waals surface area contributed by atoms with Crippen molar-refractivity contribution in [2.24, 2.45) is 5.73 Å². The van der Waals surface area contributed by atoms with Crippen molar-refractivity contribution in [3.8, 4) is 17.2 Å². The van der Waals surface area contributed by atoms with Gasteiger partial charge >= 0.3 is 0 Å². The van der Waals surface area contributed by atoms with Crippen LogP contribution >= 0.6 is 0 Å². The molecule has 102 valence electrons. The van der Waals surface area contributed by atoms with Crippen molar-refractivity contribution < 1.29 is 14.2 Å². The minimum absolute atomic E-state index is 0.378. The zero-order valence-corrected chi connectivity index (χ0v) is 11.7. The molecule has 0 fully saturated rings. The fourth-order valence-corrected chi connectivity index (χ4v) is 2.09. The molecule has 0 saturated heterocycles. The first kappa shape index (κ1) is 14.6. The number of benzene rings is 1. The molecule has 2 N–H and O–H groups in total. The largest absolute Gasteiger partial charge is 0.493 e. The van der Waals surface area contributed by atoms with Gasteiger partial charge in [-0.25, -0.2) is 0 Å². The van der Waals surface area contributed by atoms with Crippen molar-refractivity contribution in [1.82, 2.24) is 0 Å². The van der Waals surface area contributed by atoms with E-state index < -0.39 is 0 Å². The van der Waals surface area contributed by atoms with Crippen molar-refractivity contribution in [2.75, 3.05) is 27.9 Å². The van der Waals surface area contributed by atoms with E-state index in [1.165, 1.54) is 0 Å². The van der Waals surface area contributed by atoms with Crippen molar-refractivity contribution in [3.05, 3.63) is 17.7 Å². The predicted molar refractivity (Wildman–Crippen MR) is 72.8 cm³/mol. The molecule has 0 bridgehead atoms. The molecule has 1 aromatic rings. The number of rotatable bonds is 7. The first-order chi connectivity index (χ1) is 8.69. The molecule has 0 aliphatic rings. The minimum atomic E-state index is 0.378. The Balaban J connectivity index is 3.11. The molecule has 1 atom stereocenters. The predicted octanol–water partition coefficient (Wildman–Crippen LogP) is 2.55. The van der Waals surface area contributed by atoms with E-state index in [9.17, 15) is 0 Å². The van der Waals surface area contributed by atoms with E-state index in [4.69, 9.17) is 19.9 Å². The molecule has 1 unspecified atom stereocenters. The van der Waals surface area contributed by atoms with Crippen LogP contribution < -0.4 is 19.9 Å². The van der Waals surface area contributed by atoms with Crippen LogP contribution in [-0.4, -0.2) is 27.9 Å². The lowest BCUT2D eigenvalue weighted by atomic mass is 9.94. The van der Waals surface area contributed by atoms with Gasteiger partial charge in [-0.2, -0.15) is 0 Å². The number of hydrogen-bond acceptors (Lipinski definition) is 4. The highest BCUT2D eigenvalue weighted by molar-refractivity contribution is 5.56. The molecule has 18 heavy (non-hydrogen) atoms. The zero-order chi connectivity index (χ0) is 13.5. The molecular weight excluding hydrogens is 230 g/mol. The van der Waals surface area contributed by atoms with Gasteiger partial charge in [-0.1, -0.05) is 13.0 Å². The number of methoxy groups -OCH3 is 3. The Kier molecular flexibility index (Phi) is 5.78. The van der Waals surface area contributed by atoms with Gasteiger partial charge in [0.05, 0.1) is 21.3 Å². The molecule has 0 amide bonds. The van der Waals surface area contributed by atoms with Gasteiger partial charge in [0, 0.05) is 5.56 Å². The molecule has 0 aromatic heterocycles. The Morgan fingerprint density at radius 3 is 2.22 bits per heavy atom. The van der Waals surface area contributed by atoms with Crippen molar-refractivity contribution >= 4 is 0 Å². The molecule has 4 heteroatoms. The van der Waals surface area contributed by atoms with E-state index >= 15 is 0 Å². The normalized spacial score (nSPS) is 12.1. The third-order valence-electron chi connectivity index (χ3n) is 3.11. The molecule has 4 nitrogen and oxygen atoms in total. The Morgan fingerprint density at radius 2 is 1.72 bits per heavy atom. The number of nitrogens with two attached hydrogens (primary N) is 1. The Hall–Kier alpha value is -1.42. The van der Waals surface area contributed by atoms with Crippen LogP contribution in [0.4, 0.5) is 0 Å². The van der Waals surface area contributed by atoms with E-state index in [1.807, 2.05) is 12.1 Å². The first-order valence-electron chi connectivity index (χ1n) is 6.18. The van der Waals surface area contributed by atoms with Gasteiger partial charge in [-0.15, -0.1) is 0 Å². The van der Waals surface area contributed by atoms with E-state index in [1.54, 1.807) is 21.3 Å². The molecule has 0 aliphatic carbocycles. The van der Waals surface area contributed by atoms with Gasteiger partial charge in [0.15, 0.2) is 11.5 Å². The second-order valence-electron chi connectivity index (χ2n) is 4.26. The molecule has 1 aromatic carbocycles. The topological polar surface area (TPSA) is 53.7 Å². The summed E-state index contributed by atoms with van der Waals surface area (Å²) in [6, 6.07) is 3.94. The second-order valence-corrected chi connectivity index (χ2v) is 4.26. The quantitative estimate of drug-likeness (QED) is 0.811. The smallest absolute Gasteiger partial charge is 0.203 e. The van der Waals surface area contributed by atoms with Crippen molar-refractivity contribution in [3.63, 3.8) is 0 Å². The first-order valence-corrected chi connectivity index (χ1v) is 6.18. The summed E-state index contributed by atoms with van der Waals surface area (Å²) >= 11 is 0. The van der Waals surface area contributed by atoms with Crippen LogP contribution in [0, 0.1) is 0 Å². The summed E-state index contributed by atoms with van der Waals surface area (Å²) in [7, 11) is 4.89. The van der Waals surface area contributed by atoms with Crippen LogP contribution in [-0.2, 0) is 0 Å². The number of hydrogen-bond donors (Lipinski definition) is 1. The molecule has 0 saturated carbocycles. The minimum Gasteiger partial charge on any atom is -0.493 e. The van der Waals surface area contributed by atoms with Gasteiger partial charge in [0.1, 0.15) is 0 Å². The zero-order valence-electron chi connectivity index (χ0n) is 11.7. The monoisotopic (exact) mass is 253 g/mol. The van der Waals surface area contributed by atoms with E-state index in [-0.39, 0.29) is 0 Å². The fourth-order valence-electron chi connectivity index (χ4n) is 2.09. The van der Waals surface area contributed by atoms with Crippen LogP contribution in [0.1, 0.15) is 31.2 Å². The maximum atomic E-state index is 5.55. The van der Waals surface area contributed by atoms with Crippen LogP contribution in [0.25, 0.3) is 0 Å². The SMILES string of the molecule is COc1ccc(C(C)CCCN)c(OC)c1OC. The van der Waals surface area contributed by atoms with Crippen LogP contribution in [0.2, 0.25) is 0 Å². The highest BCUT2D eigenvalue weighted by Gasteiger charge is 2.19. The van der Waals surface area contributed by atoms with Gasteiger partial charge in [-0.3, -0.25) is 0 Å². The molecular formula is C14H23NO3. The molecule has 0 spiro atoms. The summed E-state index contributed by atoms with van der Waals surface area (Å²) in [5, 5.41) is 0. The Bertz CT molecular complexity index is 380. The summed E-state index contributed by atoms with van der Waals surface area (Å²) in [5.74, 6) is 2.46. The summed E-state index contributed by atoms with van der Waals surface area (Å²) in [4.78, 5) is 0. The van der Waals surface area contributed by atoms with Crippen LogP contribution in [0.15, 0.2) is 12.1 Å². The van der Waals surface area contributed by atoms with E-state index in [0.717, 1.165) is 24.2 Å². The van der Waals surface area contributed by atoms with Crippen molar-refractivity contribution in [1.29, 1.82) is 0 Å². The fraction of sp³-hybridized carbons (Fsp3) is 0.571. The summed E-state index contributed by atoms with van der Waals surface area (Å²) < 4.78 is 16.1. The molecule has 0 heterocycles. The maximum Gasteiger partial charge on any atom is 0.203 e. The highest BCUT2D eigenvalue weighted by Crippen LogP contribution is 2.43. The van der Waals surface area contributed by atoms with Gasteiger partial charge in [0.25, 0.3) is 0 Å². The lowest BCUT2D eigenvalue weighted by molar-refractivity contribution is 0.320. The third-order valence-corrected chi connectivity index (χ3v) is 3.11. The Labute approximate surface area is 109 Å². The highest BCUT2D eigenvalue weighted by atomic mass is 16.5. The van der Waals surface area contributed by atoms with Crippen LogP contribution in [0.5, 0.6) is 17.2 Å². The molecule has 1 rings (SSSR count). The maximum absolute atomic E-state index is 5.55. The third kappa shape index (κ3) is 3.07. The molecule has 0 radical (unpaired) electrons. The summed E-state index contributed by atoms with van der Waals surface area (Å²) in [6.07, 6.45) is 2.03. The van der Waals surface area contributed by atoms with Gasteiger partial charge in [-0.05, 0) is 31.4 Å². The lowest BCUT2D eigenvalue weighted by Crippen LogP contribution is -2.05. The average molecular weight is 253 g/mol. The lowest BCUT2D eigenvalue weighted by Gasteiger charge is -2.19. The van der Waals surface area contributed by atoms with Gasteiger partial charge < -0.3 is 19.9 Å². The van der Waals surface area contributed by atoms with E-state index in [0.29, 0.717) is 24.0 Å². The summed E-state index contributed by atoms with van der Waals surface area (Å²) in [5.41, 5.74) is 6.68. The summed E-state index contributed by atoms with van der Waals surface area (Å²) in [6.45, 7) is 2.87. The van der Waals surface area contributed by atoms with Crippen molar-refractivity contribution in [2.45, 2.75) is 25.7 Å². The van der Waals surface area contributed by atoms with Gasteiger partial charge in [0.2, 0.25) is 5.75 Å². The number of ether oxygens (including phenoxy) is 3. The molecule has 0 aliphatic heterocycles. The van der Waals surface area contributed by atoms with E-state index in [2.05, 4.69) is 6.92 Å². The Morgan fingerprint density at radius 1 is 1.06 bits per heavy atom. The second kappa shape index (κ2) is 7.11. The average Bonchev–Trinajstić information content (AvgIpc) is 2.42.